The van der Waals surface area contributed by atoms with E-state index in [1.807, 2.05) is 6.92 Å². The second-order valence-electron chi connectivity index (χ2n) is 6.12. The number of carbonyl (C=O) groups is 1. The Kier molecular flexibility index (Phi) is 6.71. The zero-order chi connectivity index (χ0) is 21.7. The van der Waals surface area contributed by atoms with E-state index in [4.69, 9.17) is 32.4 Å². The van der Waals surface area contributed by atoms with Gasteiger partial charge in [0.2, 0.25) is 0 Å². The van der Waals surface area contributed by atoms with Crippen LogP contribution < -0.4 is 10.2 Å². The molecule has 0 atom stereocenters. The third-order valence-electron chi connectivity index (χ3n) is 3.94. The van der Waals surface area contributed by atoms with Gasteiger partial charge < -0.3 is 9.15 Å². The number of aryl methyl sites for hydroxylation is 1. The van der Waals surface area contributed by atoms with Crippen LogP contribution in [0.25, 0.3) is 11.3 Å². The summed E-state index contributed by atoms with van der Waals surface area (Å²) in [4.78, 5) is 22.1. The molecule has 8 nitrogen and oxygen atoms in total. The molecule has 0 radical (unpaired) electrons. The van der Waals surface area contributed by atoms with Crippen LogP contribution >= 0.6 is 23.2 Å². The first-order valence-corrected chi connectivity index (χ1v) is 9.34. The molecular formula is C20H15Cl2N3O5. The Morgan fingerprint density at radius 3 is 2.70 bits per heavy atom. The summed E-state index contributed by atoms with van der Waals surface area (Å²) in [6, 6.07) is 12.4. The Hall–Kier alpha value is -3.36. The number of halogens is 2. The summed E-state index contributed by atoms with van der Waals surface area (Å²) < 4.78 is 11.0. The van der Waals surface area contributed by atoms with E-state index in [-0.39, 0.29) is 17.3 Å². The molecule has 0 spiro atoms. The van der Waals surface area contributed by atoms with Crippen LogP contribution in [-0.4, -0.2) is 23.7 Å². The molecule has 10 heteroatoms. The number of carbonyl (C=O) groups excluding carboxylic acids is 1. The molecule has 30 heavy (non-hydrogen) atoms. The lowest BCUT2D eigenvalue weighted by Crippen LogP contribution is -2.24. The van der Waals surface area contributed by atoms with Crippen LogP contribution in [0, 0.1) is 17.0 Å². The molecule has 1 heterocycles. The van der Waals surface area contributed by atoms with E-state index < -0.39 is 10.8 Å². The Labute approximate surface area is 181 Å². The second-order valence-corrected chi connectivity index (χ2v) is 6.93. The van der Waals surface area contributed by atoms with Crippen molar-refractivity contribution in [3.05, 3.63) is 80.0 Å². The molecule has 0 bridgehead atoms. The van der Waals surface area contributed by atoms with Gasteiger partial charge in [0, 0.05) is 22.7 Å². The highest BCUT2D eigenvalue weighted by atomic mass is 35.5. The smallest absolute Gasteiger partial charge is 0.277 e. The van der Waals surface area contributed by atoms with Crippen molar-refractivity contribution in [1.29, 1.82) is 0 Å². The molecule has 0 saturated heterocycles. The van der Waals surface area contributed by atoms with Gasteiger partial charge in [-0.25, -0.2) is 5.43 Å². The number of nitro groups is 1. The molecule has 0 fully saturated rings. The van der Waals surface area contributed by atoms with Gasteiger partial charge in [-0.15, -0.1) is 0 Å². The predicted octanol–water partition coefficient (Wildman–Crippen LogP) is 5.00. The SMILES string of the molecule is Cc1cc(OCC(=O)NN=Cc2ccc(-c3ccc([N+](=O)[O-])cc3Cl)o2)ccc1Cl. The Morgan fingerprint density at radius 1 is 1.20 bits per heavy atom. The summed E-state index contributed by atoms with van der Waals surface area (Å²) in [7, 11) is 0. The van der Waals surface area contributed by atoms with Crippen LogP contribution in [0.1, 0.15) is 11.3 Å². The van der Waals surface area contributed by atoms with Crippen molar-refractivity contribution in [3.8, 4) is 17.1 Å². The monoisotopic (exact) mass is 447 g/mol. The van der Waals surface area contributed by atoms with Crippen LogP contribution in [0.15, 0.2) is 58.0 Å². The molecular weight excluding hydrogens is 433 g/mol. The van der Waals surface area contributed by atoms with Gasteiger partial charge in [0.15, 0.2) is 6.61 Å². The molecule has 1 aromatic heterocycles. The number of non-ortho nitro benzene ring substituents is 1. The number of rotatable bonds is 7. The molecule has 0 aliphatic heterocycles. The molecule has 2 aromatic carbocycles. The largest absolute Gasteiger partial charge is 0.484 e. The van der Waals surface area contributed by atoms with Gasteiger partial charge >= 0.3 is 0 Å². The van der Waals surface area contributed by atoms with E-state index >= 15 is 0 Å². The number of furan rings is 1. The van der Waals surface area contributed by atoms with Gasteiger partial charge in [-0.05, 0) is 48.9 Å². The molecule has 0 aliphatic carbocycles. The van der Waals surface area contributed by atoms with Crippen molar-refractivity contribution in [2.24, 2.45) is 5.10 Å². The number of hydrogen-bond acceptors (Lipinski definition) is 6. The zero-order valence-corrected chi connectivity index (χ0v) is 17.1. The normalized spacial score (nSPS) is 10.9. The minimum atomic E-state index is -0.531. The molecule has 0 aliphatic rings. The van der Waals surface area contributed by atoms with Crippen LogP contribution in [0.2, 0.25) is 10.0 Å². The minimum Gasteiger partial charge on any atom is -0.484 e. The lowest BCUT2D eigenvalue weighted by atomic mass is 10.1. The molecule has 154 valence electrons. The average molecular weight is 448 g/mol. The molecule has 1 amide bonds. The molecule has 0 saturated carbocycles. The third kappa shape index (κ3) is 5.37. The predicted molar refractivity (Wildman–Crippen MR) is 113 cm³/mol. The molecule has 3 rings (SSSR count). The lowest BCUT2D eigenvalue weighted by molar-refractivity contribution is -0.384. The maximum Gasteiger partial charge on any atom is 0.277 e. The summed E-state index contributed by atoms with van der Waals surface area (Å²) >= 11 is 12.0. The van der Waals surface area contributed by atoms with Crippen LogP contribution in [0.3, 0.4) is 0 Å². The van der Waals surface area contributed by atoms with Crippen LogP contribution in [0.4, 0.5) is 5.69 Å². The van der Waals surface area contributed by atoms with Crippen molar-refractivity contribution < 1.29 is 18.9 Å². The highest BCUT2D eigenvalue weighted by Gasteiger charge is 2.13. The van der Waals surface area contributed by atoms with Gasteiger partial charge in [0.25, 0.3) is 11.6 Å². The van der Waals surface area contributed by atoms with E-state index in [0.29, 0.717) is 27.9 Å². The zero-order valence-electron chi connectivity index (χ0n) is 15.6. The first kappa shape index (κ1) is 21.4. The number of nitrogens with zero attached hydrogens (tertiary/aromatic N) is 2. The maximum absolute atomic E-state index is 11.8. The summed E-state index contributed by atoms with van der Waals surface area (Å²) in [5, 5.41) is 15.4. The van der Waals surface area contributed by atoms with Crippen LogP contribution in [-0.2, 0) is 4.79 Å². The minimum absolute atomic E-state index is 0.115. The van der Waals surface area contributed by atoms with Gasteiger partial charge in [-0.1, -0.05) is 23.2 Å². The van der Waals surface area contributed by atoms with Gasteiger partial charge in [-0.2, -0.15) is 5.10 Å². The van der Waals surface area contributed by atoms with Crippen molar-refractivity contribution in [2.75, 3.05) is 6.61 Å². The van der Waals surface area contributed by atoms with E-state index in [0.717, 1.165) is 5.56 Å². The van der Waals surface area contributed by atoms with E-state index in [1.165, 1.54) is 24.4 Å². The number of benzene rings is 2. The standard InChI is InChI=1S/C20H15Cl2N3O5/c1-12-8-14(3-6-17(12)21)29-11-20(26)24-23-10-15-4-7-19(30-15)16-5-2-13(25(27)28)9-18(16)22/h2-10H,11H2,1H3,(H,24,26). The fraction of sp³-hybridized carbons (Fsp3) is 0.100. The Balaban J connectivity index is 1.56. The number of ether oxygens (including phenoxy) is 1. The number of amides is 1. The number of hydrazone groups is 1. The topological polar surface area (TPSA) is 107 Å². The highest BCUT2D eigenvalue weighted by molar-refractivity contribution is 6.33. The second kappa shape index (κ2) is 9.43. The Morgan fingerprint density at radius 2 is 2.00 bits per heavy atom. The maximum atomic E-state index is 11.8. The molecule has 1 N–H and O–H groups in total. The summed E-state index contributed by atoms with van der Waals surface area (Å²) in [5.41, 5.74) is 3.55. The number of hydrogen-bond donors (Lipinski definition) is 1. The number of nitro benzene ring substituents is 1. The quantitative estimate of drug-likeness (QED) is 0.311. The van der Waals surface area contributed by atoms with Crippen molar-refractivity contribution in [1.82, 2.24) is 5.43 Å². The van der Waals surface area contributed by atoms with Crippen molar-refractivity contribution >= 4 is 41.0 Å². The van der Waals surface area contributed by atoms with Gasteiger partial charge in [-0.3, -0.25) is 14.9 Å². The average Bonchev–Trinajstić information content (AvgIpc) is 3.17. The third-order valence-corrected chi connectivity index (χ3v) is 4.67. The summed E-state index contributed by atoms with van der Waals surface area (Å²) in [6.07, 6.45) is 1.31. The van der Waals surface area contributed by atoms with E-state index in [1.54, 1.807) is 30.3 Å². The van der Waals surface area contributed by atoms with E-state index in [9.17, 15) is 14.9 Å². The molecule has 3 aromatic rings. The fourth-order valence-corrected chi connectivity index (χ4v) is 2.83. The van der Waals surface area contributed by atoms with Gasteiger partial charge in [0.05, 0.1) is 16.2 Å². The fourth-order valence-electron chi connectivity index (χ4n) is 2.44. The summed E-state index contributed by atoms with van der Waals surface area (Å²) in [6.45, 7) is 1.61. The van der Waals surface area contributed by atoms with Crippen molar-refractivity contribution in [2.45, 2.75) is 6.92 Å². The number of nitrogens with one attached hydrogen (secondary N) is 1. The van der Waals surface area contributed by atoms with Crippen LogP contribution in [0.5, 0.6) is 5.75 Å². The first-order chi connectivity index (χ1) is 14.3. The van der Waals surface area contributed by atoms with Gasteiger partial charge in [0.1, 0.15) is 17.3 Å². The highest BCUT2D eigenvalue weighted by Crippen LogP contribution is 2.32. The Bertz CT molecular complexity index is 1130. The van der Waals surface area contributed by atoms with Crippen molar-refractivity contribution in [3.63, 3.8) is 0 Å². The first-order valence-electron chi connectivity index (χ1n) is 8.58. The lowest BCUT2D eigenvalue weighted by Gasteiger charge is -2.06. The van der Waals surface area contributed by atoms with E-state index in [2.05, 4.69) is 10.5 Å². The summed E-state index contributed by atoms with van der Waals surface area (Å²) in [5.74, 6) is 0.828. The molecule has 0 unspecified atom stereocenters.